The van der Waals surface area contributed by atoms with E-state index in [1.807, 2.05) is 23.6 Å². The minimum atomic E-state index is -0.295. The van der Waals surface area contributed by atoms with Gasteiger partial charge in [0.2, 0.25) is 5.95 Å². The third kappa shape index (κ3) is 3.55. The van der Waals surface area contributed by atoms with Gasteiger partial charge in [-0.2, -0.15) is 4.98 Å². The molecule has 1 aliphatic rings. The van der Waals surface area contributed by atoms with E-state index in [9.17, 15) is 9.18 Å². The zero-order valence-corrected chi connectivity index (χ0v) is 16.5. The molecule has 0 fully saturated rings. The second kappa shape index (κ2) is 7.58. The fraction of sp³-hybridized carbons (Fsp3) is 0.273. The predicted molar refractivity (Wildman–Crippen MR) is 109 cm³/mol. The maximum absolute atomic E-state index is 13.4. The van der Waals surface area contributed by atoms with E-state index in [4.69, 9.17) is 9.47 Å². The number of benzene rings is 2. The minimum absolute atomic E-state index is 0.0262. The predicted octanol–water partition coefficient (Wildman–Crippen LogP) is 3.99. The lowest BCUT2D eigenvalue weighted by molar-refractivity contribution is 0.355. The second-order valence-corrected chi connectivity index (χ2v) is 7.03. The van der Waals surface area contributed by atoms with Crippen molar-refractivity contribution in [1.29, 1.82) is 0 Å². The van der Waals surface area contributed by atoms with Crippen molar-refractivity contribution in [3.05, 3.63) is 75.5 Å². The molecule has 1 atom stereocenters. The quantitative estimate of drug-likeness (QED) is 0.708. The zero-order chi connectivity index (χ0) is 20.5. The highest BCUT2D eigenvalue weighted by atomic mass is 19.1. The molecule has 29 heavy (non-hydrogen) atoms. The molecule has 4 rings (SSSR count). The van der Waals surface area contributed by atoms with Crippen LogP contribution in [-0.4, -0.2) is 23.8 Å². The lowest BCUT2D eigenvalue weighted by atomic mass is 10.0. The van der Waals surface area contributed by atoms with Crippen molar-refractivity contribution < 1.29 is 13.9 Å². The minimum Gasteiger partial charge on any atom is -0.493 e. The van der Waals surface area contributed by atoms with Crippen LogP contribution in [0.25, 0.3) is 0 Å². The zero-order valence-electron chi connectivity index (χ0n) is 16.5. The van der Waals surface area contributed by atoms with Crippen molar-refractivity contribution >= 4 is 11.6 Å². The van der Waals surface area contributed by atoms with Crippen molar-refractivity contribution in [2.45, 2.75) is 25.8 Å². The Morgan fingerprint density at radius 1 is 1.10 bits per heavy atom. The number of rotatable bonds is 5. The number of aromatic nitrogens is 2. The Morgan fingerprint density at radius 3 is 2.48 bits per heavy atom. The molecule has 2 heterocycles. The van der Waals surface area contributed by atoms with Crippen LogP contribution in [0, 0.1) is 12.7 Å². The van der Waals surface area contributed by atoms with Crippen LogP contribution in [0.2, 0.25) is 0 Å². The van der Waals surface area contributed by atoms with Crippen LogP contribution in [0.4, 0.5) is 16.0 Å². The van der Waals surface area contributed by atoms with E-state index in [1.165, 1.54) is 12.1 Å². The summed E-state index contributed by atoms with van der Waals surface area (Å²) < 4.78 is 26.1. The number of ether oxygens (including phenoxy) is 2. The average molecular weight is 395 g/mol. The van der Waals surface area contributed by atoms with Gasteiger partial charge in [0, 0.05) is 23.5 Å². The first kappa shape index (κ1) is 19.0. The number of hydrogen-bond acceptors (Lipinski definition) is 5. The summed E-state index contributed by atoms with van der Waals surface area (Å²) in [4.78, 5) is 16.4. The molecule has 0 spiro atoms. The number of halogens is 1. The number of anilines is 2. The molecule has 150 valence electrons. The van der Waals surface area contributed by atoms with Gasteiger partial charge in [0.1, 0.15) is 5.82 Å². The van der Waals surface area contributed by atoms with Crippen molar-refractivity contribution in [1.82, 2.24) is 9.55 Å². The molecule has 0 amide bonds. The largest absolute Gasteiger partial charge is 0.493 e. The van der Waals surface area contributed by atoms with E-state index in [-0.39, 0.29) is 17.4 Å². The number of nitrogens with one attached hydrogen (secondary N) is 1. The van der Waals surface area contributed by atoms with E-state index in [2.05, 4.69) is 10.3 Å². The van der Waals surface area contributed by atoms with Gasteiger partial charge >= 0.3 is 0 Å². The SMILES string of the molecule is COc1cc(C)c(Nc2nc(=O)cc3n2C(c2ccc(F)cc2)CC3)cc1OC. The van der Waals surface area contributed by atoms with E-state index in [0.717, 1.165) is 35.3 Å². The molecular formula is C22H22FN3O3. The molecule has 6 nitrogen and oxygen atoms in total. The van der Waals surface area contributed by atoms with Gasteiger partial charge in [-0.05, 0) is 49.1 Å². The monoisotopic (exact) mass is 395 g/mol. The third-order valence-corrected chi connectivity index (χ3v) is 5.26. The molecule has 0 radical (unpaired) electrons. The molecule has 2 aromatic carbocycles. The number of aryl methyl sites for hydroxylation is 2. The smallest absolute Gasteiger partial charge is 0.274 e. The maximum atomic E-state index is 13.4. The van der Waals surface area contributed by atoms with Crippen LogP contribution < -0.4 is 20.3 Å². The summed E-state index contributed by atoms with van der Waals surface area (Å²) in [6.07, 6.45) is 1.57. The highest BCUT2D eigenvalue weighted by Crippen LogP contribution is 2.37. The summed E-state index contributed by atoms with van der Waals surface area (Å²) in [5.74, 6) is 1.39. The van der Waals surface area contributed by atoms with Crippen molar-refractivity contribution in [3.8, 4) is 11.5 Å². The molecule has 3 aromatic rings. The van der Waals surface area contributed by atoms with Gasteiger partial charge < -0.3 is 19.4 Å². The normalized spacial score (nSPS) is 15.1. The number of nitrogens with zero attached hydrogens (tertiary/aromatic N) is 2. The Bertz CT molecular complexity index is 1110. The summed E-state index contributed by atoms with van der Waals surface area (Å²) >= 11 is 0. The van der Waals surface area contributed by atoms with Gasteiger partial charge in [-0.1, -0.05) is 12.1 Å². The Hall–Kier alpha value is -3.35. The standard InChI is InChI=1S/C22H22FN3O3/c1-13-10-19(28-2)20(29-3)12-17(13)24-22-25-21(27)11-16-8-9-18(26(16)22)14-4-6-15(23)7-5-14/h4-7,10-12,18H,8-9H2,1-3H3,(H,24,25,27). The van der Waals surface area contributed by atoms with Crippen LogP contribution in [0.1, 0.15) is 29.3 Å². The highest BCUT2D eigenvalue weighted by Gasteiger charge is 2.27. The highest BCUT2D eigenvalue weighted by molar-refractivity contribution is 5.65. The molecule has 0 saturated heterocycles. The van der Waals surface area contributed by atoms with Gasteiger partial charge in [0.15, 0.2) is 11.5 Å². The van der Waals surface area contributed by atoms with Crippen molar-refractivity contribution in [2.24, 2.45) is 0 Å². The van der Waals surface area contributed by atoms with Gasteiger partial charge in [-0.25, -0.2) is 4.39 Å². The van der Waals surface area contributed by atoms with E-state index >= 15 is 0 Å². The number of hydrogen-bond donors (Lipinski definition) is 1. The summed E-state index contributed by atoms with van der Waals surface area (Å²) in [6.45, 7) is 1.94. The first-order valence-electron chi connectivity index (χ1n) is 9.37. The Labute approximate surface area is 167 Å². The van der Waals surface area contributed by atoms with Gasteiger partial charge in [0.05, 0.1) is 20.3 Å². The summed E-state index contributed by atoms with van der Waals surface area (Å²) in [5, 5.41) is 3.29. The number of fused-ring (bicyclic) bond motifs is 1. The first-order chi connectivity index (χ1) is 14.0. The molecule has 0 aliphatic carbocycles. The molecule has 0 bridgehead atoms. The fourth-order valence-corrected chi connectivity index (χ4v) is 3.82. The molecule has 1 aliphatic heterocycles. The summed E-state index contributed by atoms with van der Waals surface area (Å²) in [6, 6.07) is 11.7. The maximum Gasteiger partial charge on any atom is 0.274 e. The first-order valence-corrected chi connectivity index (χ1v) is 9.37. The molecule has 1 unspecified atom stereocenters. The topological polar surface area (TPSA) is 65.4 Å². The lowest BCUT2D eigenvalue weighted by Crippen LogP contribution is -2.19. The summed E-state index contributed by atoms with van der Waals surface area (Å²) in [7, 11) is 3.16. The van der Waals surface area contributed by atoms with Crippen molar-refractivity contribution in [3.63, 3.8) is 0 Å². The van der Waals surface area contributed by atoms with Crippen LogP contribution in [-0.2, 0) is 6.42 Å². The molecule has 7 heteroatoms. The van der Waals surface area contributed by atoms with Crippen LogP contribution in [0.5, 0.6) is 11.5 Å². The Kier molecular flexibility index (Phi) is 4.96. The Balaban J connectivity index is 1.78. The van der Waals surface area contributed by atoms with Crippen LogP contribution >= 0.6 is 0 Å². The summed E-state index contributed by atoms with van der Waals surface area (Å²) in [5.41, 5.74) is 3.27. The fourth-order valence-electron chi connectivity index (χ4n) is 3.82. The van der Waals surface area contributed by atoms with E-state index in [0.29, 0.717) is 17.4 Å². The lowest BCUT2D eigenvalue weighted by Gasteiger charge is -2.21. The average Bonchev–Trinajstić information content (AvgIpc) is 3.13. The van der Waals surface area contributed by atoms with Crippen LogP contribution in [0.15, 0.2) is 47.3 Å². The Morgan fingerprint density at radius 2 is 1.79 bits per heavy atom. The molecule has 1 aromatic heterocycles. The third-order valence-electron chi connectivity index (χ3n) is 5.26. The van der Waals surface area contributed by atoms with E-state index in [1.54, 1.807) is 32.4 Å². The molecule has 1 N–H and O–H groups in total. The molecule has 0 saturated carbocycles. The molecular weight excluding hydrogens is 373 g/mol. The van der Waals surface area contributed by atoms with Gasteiger partial charge in [-0.15, -0.1) is 0 Å². The van der Waals surface area contributed by atoms with Crippen molar-refractivity contribution in [2.75, 3.05) is 19.5 Å². The second-order valence-electron chi connectivity index (χ2n) is 7.03. The van der Waals surface area contributed by atoms with Gasteiger partial charge in [-0.3, -0.25) is 4.79 Å². The number of methoxy groups -OCH3 is 2. The van der Waals surface area contributed by atoms with E-state index < -0.39 is 0 Å². The van der Waals surface area contributed by atoms with Gasteiger partial charge in [0.25, 0.3) is 5.56 Å². The van der Waals surface area contributed by atoms with Crippen LogP contribution in [0.3, 0.4) is 0 Å².